The summed E-state index contributed by atoms with van der Waals surface area (Å²) in [6.07, 6.45) is 3.15. The highest BCUT2D eigenvalue weighted by atomic mass is 35.5. The zero-order valence-electron chi connectivity index (χ0n) is 16.3. The van der Waals surface area contributed by atoms with Gasteiger partial charge in [-0.1, -0.05) is 35.9 Å². The molecule has 0 fully saturated rings. The van der Waals surface area contributed by atoms with Crippen molar-refractivity contribution in [3.8, 4) is 5.69 Å². The standard InChI is InChI=1S/C23H14ClN3O5/c24-19-6-2-5-18-21(19)25-20(12-7-14-3-1-4-17(13-14)27(31)32)26(22(18)28)16-10-8-15(9-11-16)23(29)30/h1-13H,(H,29,30)/b12-7+. The minimum atomic E-state index is -1.09. The van der Waals surface area contributed by atoms with E-state index in [1.807, 2.05) is 0 Å². The molecule has 4 aromatic rings. The van der Waals surface area contributed by atoms with Crippen molar-refractivity contribution < 1.29 is 14.8 Å². The van der Waals surface area contributed by atoms with Gasteiger partial charge in [-0.3, -0.25) is 19.5 Å². The van der Waals surface area contributed by atoms with Crippen LogP contribution in [0.2, 0.25) is 5.02 Å². The number of halogens is 1. The van der Waals surface area contributed by atoms with Crippen LogP contribution in [0.5, 0.6) is 0 Å². The number of carboxylic acid groups (broad SMARTS) is 1. The van der Waals surface area contributed by atoms with Gasteiger partial charge in [-0.15, -0.1) is 0 Å². The fourth-order valence-corrected chi connectivity index (χ4v) is 3.43. The molecule has 32 heavy (non-hydrogen) atoms. The van der Waals surface area contributed by atoms with Crippen LogP contribution in [0.3, 0.4) is 0 Å². The molecule has 0 aliphatic rings. The summed E-state index contributed by atoms with van der Waals surface area (Å²) in [6, 6.07) is 16.7. The molecular formula is C23H14ClN3O5. The number of fused-ring (bicyclic) bond motifs is 1. The third-order valence-corrected chi connectivity index (χ3v) is 5.06. The molecule has 0 aliphatic carbocycles. The molecular weight excluding hydrogens is 434 g/mol. The first-order valence-electron chi connectivity index (χ1n) is 9.33. The molecule has 0 aliphatic heterocycles. The van der Waals surface area contributed by atoms with E-state index in [-0.39, 0.29) is 22.6 Å². The van der Waals surface area contributed by atoms with Crippen molar-refractivity contribution in [3.05, 3.63) is 109 Å². The van der Waals surface area contributed by atoms with Crippen molar-refractivity contribution in [1.82, 2.24) is 9.55 Å². The summed E-state index contributed by atoms with van der Waals surface area (Å²) in [7, 11) is 0. The maximum atomic E-state index is 13.3. The number of carboxylic acids is 1. The minimum Gasteiger partial charge on any atom is -0.478 e. The van der Waals surface area contributed by atoms with Gasteiger partial charge >= 0.3 is 5.97 Å². The van der Waals surface area contributed by atoms with E-state index in [9.17, 15) is 19.7 Å². The normalized spacial score (nSPS) is 11.2. The number of nitrogens with zero attached hydrogens (tertiary/aromatic N) is 3. The lowest BCUT2D eigenvalue weighted by atomic mass is 10.1. The number of benzene rings is 3. The SMILES string of the molecule is O=C(O)c1ccc(-n2c(/C=C/c3cccc([N+](=O)[O-])c3)nc3c(Cl)cccc3c2=O)cc1. The number of nitro groups is 1. The van der Waals surface area contributed by atoms with E-state index in [2.05, 4.69) is 4.98 Å². The van der Waals surface area contributed by atoms with Crippen molar-refractivity contribution in [2.45, 2.75) is 0 Å². The van der Waals surface area contributed by atoms with Crippen molar-refractivity contribution in [2.24, 2.45) is 0 Å². The fraction of sp³-hybridized carbons (Fsp3) is 0. The van der Waals surface area contributed by atoms with Crippen LogP contribution in [0, 0.1) is 10.1 Å². The van der Waals surface area contributed by atoms with Gasteiger partial charge in [-0.2, -0.15) is 0 Å². The molecule has 0 spiro atoms. The predicted molar refractivity (Wildman–Crippen MR) is 121 cm³/mol. The van der Waals surface area contributed by atoms with Crippen LogP contribution in [-0.2, 0) is 0 Å². The molecule has 0 radical (unpaired) electrons. The highest BCUT2D eigenvalue weighted by Gasteiger charge is 2.14. The van der Waals surface area contributed by atoms with Crippen molar-refractivity contribution in [3.63, 3.8) is 0 Å². The van der Waals surface area contributed by atoms with Crippen LogP contribution in [0.1, 0.15) is 21.7 Å². The van der Waals surface area contributed by atoms with E-state index >= 15 is 0 Å². The van der Waals surface area contributed by atoms with Gasteiger partial charge < -0.3 is 5.11 Å². The third kappa shape index (κ3) is 3.99. The Balaban J connectivity index is 1.92. The molecule has 0 amide bonds. The summed E-state index contributed by atoms with van der Waals surface area (Å²) < 4.78 is 1.33. The molecule has 8 nitrogen and oxygen atoms in total. The molecule has 0 bridgehead atoms. The Bertz CT molecular complexity index is 1460. The number of rotatable bonds is 5. The second-order valence-corrected chi connectivity index (χ2v) is 7.19. The van der Waals surface area contributed by atoms with Crippen LogP contribution in [-0.4, -0.2) is 25.6 Å². The Morgan fingerprint density at radius 1 is 1.06 bits per heavy atom. The highest BCUT2D eigenvalue weighted by Crippen LogP contribution is 2.22. The lowest BCUT2D eigenvalue weighted by molar-refractivity contribution is -0.384. The summed E-state index contributed by atoms with van der Waals surface area (Å²) in [5.41, 5.74) is 0.889. The Kier molecular flexibility index (Phi) is 5.53. The van der Waals surface area contributed by atoms with Gasteiger partial charge in [0.15, 0.2) is 0 Å². The van der Waals surface area contributed by atoms with E-state index in [0.29, 0.717) is 27.2 Å². The first kappa shape index (κ1) is 21.0. The second-order valence-electron chi connectivity index (χ2n) is 6.78. The van der Waals surface area contributed by atoms with Gasteiger partial charge in [0.25, 0.3) is 11.2 Å². The molecule has 3 aromatic carbocycles. The molecule has 1 aromatic heterocycles. The number of aromatic carboxylic acids is 1. The number of nitro benzene ring substituents is 1. The molecule has 158 valence electrons. The Morgan fingerprint density at radius 2 is 1.78 bits per heavy atom. The lowest BCUT2D eigenvalue weighted by Gasteiger charge is -2.12. The van der Waals surface area contributed by atoms with Crippen LogP contribution in [0.25, 0.3) is 28.7 Å². The van der Waals surface area contributed by atoms with Gasteiger partial charge in [-0.25, -0.2) is 9.78 Å². The number of hydrogen-bond donors (Lipinski definition) is 1. The van der Waals surface area contributed by atoms with Crippen molar-refractivity contribution in [1.29, 1.82) is 0 Å². The smallest absolute Gasteiger partial charge is 0.335 e. The quantitative estimate of drug-likeness (QED) is 0.346. The van der Waals surface area contributed by atoms with Gasteiger partial charge in [0, 0.05) is 12.1 Å². The van der Waals surface area contributed by atoms with Gasteiger partial charge in [0.1, 0.15) is 5.82 Å². The Hall–Kier alpha value is -4.30. The van der Waals surface area contributed by atoms with E-state index in [1.165, 1.54) is 41.0 Å². The molecule has 0 unspecified atom stereocenters. The first-order chi connectivity index (χ1) is 15.3. The van der Waals surface area contributed by atoms with E-state index in [1.54, 1.807) is 42.5 Å². The molecule has 1 N–H and O–H groups in total. The van der Waals surface area contributed by atoms with Crippen LogP contribution in [0.4, 0.5) is 5.69 Å². The largest absolute Gasteiger partial charge is 0.478 e. The molecule has 0 saturated carbocycles. The first-order valence-corrected chi connectivity index (χ1v) is 9.70. The van der Waals surface area contributed by atoms with Gasteiger partial charge in [0.2, 0.25) is 0 Å². The predicted octanol–water partition coefficient (Wildman–Crippen LogP) is 4.82. The van der Waals surface area contributed by atoms with Gasteiger partial charge in [0.05, 0.1) is 32.1 Å². The number of para-hydroxylation sites is 1. The van der Waals surface area contributed by atoms with Crippen LogP contribution in [0.15, 0.2) is 71.5 Å². The fourth-order valence-electron chi connectivity index (χ4n) is 3.22. The van der Waals surface area contributed by atoms with Crippen LogP contribution >= 0.6 is 11.6 Å². The zero-order chi connectivity index (χ0) is 22.8. The average Bonchev–Trinajstić information content (AvgIpc) is 2.78. The topological polar surface area (TPSA) is 115 Å². The number of aromatic nitrogens is 2. The number of hydrogen-bond acceptors (Lipinski definition) is 5. The minimum absolute atomic E-state index is 0.0664. The molecule has 4 rings (SSSR count). The van der Waals surface area contributed by atoms with Crippen LogP contribution < -0.4 is 5.56 Å². The summed E-state index contributed by atoms with van der Waals surface area (Å²) in [5, 5.41) is 20.8. The molecule has 9 heteroatoms. The van der Waals surface area contributed by atoms with Gasteiger partial charge in [-0.05, 0) is 48.0 Å². The van der Waals surface area contributed by atoms with E-state index in [0.717, 1.165) is 0 Å². The van der Waals surface area contributed by atoms with Crippen molar-refractivity contribution >= 4 is 46.3 Å². The van der Waals surface area contributed by atoms with Crippen molar-refractivity contribution in [2.75, 3.05) is 0 Å². The Labute approximate surface area is 185 Å². The summed E-state index contributed by atoms with van der Waals surface area (Å²) in [4.78, 5) is 39.6. The summed E-state index contributed by atoms with van der Waals surface area (Å²) in [6.45, 7) is 0. The monoisotopic (exact) mass is 447 g/mol. The third-order valence-electron chi connectivity index (χ3n) is 4.75. The molecule has 1 heterocycles. The second kappa shape index (κ2) is 8.44. The highest BCUT2D eigenvalue weighted by molar-refractivity contribution is 6.35. The Morgan fingerprint density at radius 3 is 2.47 bits per heavy atom. The maximum absolute atomic E-state index is 13.3. The number of carbonyl (C=O) groups is 1. The summed E-state index contributed by atoms with van der Waals surface area (Å²) in [5.74, 6) is -0.858. The maximum Gasteiger partial charge on any atom is 0.335 e. The molecule has 0 saturated heterocycles. The van der Waals surface area contributed by atoms with E-state index in [4.69, 9.17) is 16.7 Å². The van der Waals surface area contributed by atoms with E-state index < -0.39 is 10.9 Å². The zero-order valence-corrected chi connectivity index (χ0v) is 17.1. The summed E-state index contributed by atoms with van der Waals surface area (Å²) >= 11 is 6.25. The lowest BCUT2D eigenvalue weighted by Crippen LogP contribution is -2.22. The number of non-ortho nitro benzene ring substituents is 1. The average molecular weight is 448 g/mol. The molecule has 0 atom stereocenters.